The van der Waals surface area contributed by atoms with Gasteiger partial charge in [0.25, 0.3) is 0 Å². The molecule has 3 nitrogen and oxygen atoms in total. The molecule has 2 aromatic rings. The first-order valence-electron chi connectivity index (χ1n) is 13.6. The predicted molar refractivity (Wildman–Crippen MR) is 163 cm³/mol. The summed E-state index contributed by atoms with van der Waals surface area (Å²) in [7, 11) is -2.00. The van der Waals surface area contributed by atoms with Crippen molar-refractivity contribution in [3.8, 4) is 0 Å². The minimum absolute atomic E-state index is 0.00428. The van der Waals surface area contributed by atoms with Crippen LogP contribution in [0.3, 0.4) is 0 Å². The van der Waals surface area contributed by atoms with E-state index in [1.807, 2.05) is 0 Å². The maximum absolute atomic E-state index is 11.8. The average Bonchev–Trinajstić information content (AvgIpc) is 2.70. The molecule has 5 heteroatoms. The minimum Gasteiger partial charge on any atom is -0.410 e. The van der Waals surface area contributed by atoms with Gasteiger partial charge in [-0.3, -0.25) is 4.98 Å². The second-order valence-electron chi connectivity index (χ2n) is 13.9. The normalized spacial score (nSPS) is 19.0. The van der Waals surface area contributed by atoms with Crippen LogP contribution in [0.1, 0.15) is 121 Å². The van der Waals surface area contributed by atoms with Crippen LogP contribution in [0, 0.1) is 14.9 Å². The van der Waals surface area contributed by atoms with Crippen molar-refractivity contribution in [3.63, 3.8) is 0 Å². The van der Waals surface area contributed by atoms with E-state index >= 15 is 0 Å². The molecular weight excluding hydrogens is 573 g/mol. The zero-order chi connectivity index (χ0) is 27.2. The van der Waals surface area contributed by atoms with E-state index in [1.54, 1.807) is 0 Å². The van der Waals surface area contributed by atoms with E-state index in [0.29, 0.717) is 5.92 Å². The lowest BCUT2D eigenvalue weighted by molar-refractivity contribution is 0.104. The summed E-state index contributed by atoms with van der Waals surface area (Å²) < 4.78 is 8.23. The average molecular weight is 622 g/mol. The van der Waals surface area contributed by atoms with Gasteiger partial charge in [0.05, 0.1) is 11.8 Å². The molecule has 0 fully saturated rings. The standard InChI is InChI=1S/C31H48INO2Si/c1-19(2)16-21-12-14-22(15-13-21)29(34)26-27(32)25-23(33-28(26)20(3)4)17-31(8,9)18-24(25)35-36(10,11)30(5,6)7/h12-15,19-20,24,29,34H,16-18H2,1-11H3/t24-,29+/m0/s1. The lowest BCUT2D eigenvalue weighted by atomic mass is 9.74. The van der Waals surface area contributed by atoms with E-state index in [1.165, 1.54) is 11.1 Å². The smallest absolute Gasteiger partial charge is 0.192 e. The summed E-state index contributed by atoms with van der Waals surface area (Å²) in [6.07, 6.45) is 2.27. The van der Waals surface area contributed by atoms with Crippen molar-refractivity contribution in [1.82, 2.24) is 4.98 Å². The highest BCUT2D eigenvalue weighted by atomic mass is 127. The van der Waals surface area contributed by atoms with E-state index in [4.69, 9.17) is 9.41 Å². The Labute approximate surface area is 235 Å². The quantitative estimate of drug-likeness (QED) is 0.248. The van der Waals surface area contributed by atoms with E-state index in [-0.39, 0.29) is 22.5 Å². The second-order valence-corrected chi connectivity index (χ2v) is 19.7. The number of aliphatic hydroxyl groups is 1. The lowest BCUT2D eigenvalue weighted by Crippen LogP contribution is -2.44. The molecule has 2 atom stereocenters. The van der Waals surface area contributed by atoms with Crippen LogP contribution in [0.25, 0.3) is 0 Å². The Morgan fingerprint density at radius 2 is 1.69 bits per heavy atom. The van der Waals surface area contributed by atoms with Crippen LogP contribution < -0.4 is 0 Å². The molecule has 0 unspecified atom stereocenters. The number of aliphatic hydroxyl groups excluding tert-OH is 1. The van der Waals surface area contributed by atoms with E-state index in [0.717, 1.165) is 45.3 Å². The van der Waals surface area contributed by atoms with Crippen LogP contribution in [0.2, 0.25) is 18.1 Å². The van der Waals surface area contributed by atoms with Crippen molar-refractivity contribution in [3.05, 3.63) is 61.5 Å². The second kappa shape index (κ2) is 10.8. The molecule has 0 bridgehead atoms. The molecule has 1 N–H and O–H groups in total. The lowest BCUT2D eigenvalue weighted by Gasteiger charge is -2.44. The molecule has 36 heavy (non-hydrogen) atoms. The zero-order valence-corrected chi connectivity index (χ0v) is 27.6. The number of hydrogen-bond acceptors (Lipinski definition) is 3. The van der Waals surface area contributed by atoms with Crippen LogP contribution in [0.15, 0.2) is 24.3 Å². The molecule has 1 aliphatic carbocycles. The van der Waals surface area contributed by atoms with Crippen LogP contribution in [-0.4, -0.2) is 18.4 Å². The molecule has 1 aromatic heterocycles. The summed E-state index contributed by atoms with van der Waals surface area (Å²) in [6.45, 7) is 25.1. The first-order chi connectivity index (χ1) is 16.4. The Morgan fingerprint density at radius 3 is 2.19 bits per heavy atom. The summed E-state index contributed by atoms with van der Waals surface area (Å²) >= 11 is 2.48. The van der Waals surface area contributed by atoms with Gasteiger partial charge in [-0.1, -0.05) is 86.6 Å². The third kappa shape index (κ3) is 6.44. The molecular formula is C31H48INO2Si. The summed E-state index contributed by atoms with van der Waals surface area (Å²) in [5.41, 5.74) is 6.72. The fourth-order valence-corrected chi connectivity index (χ4v) is 7.54. The Balaban J connectivity index is 2.14. The predicted octanol–water partition coefficient (Wildman–Crippen LogP) is 9.13. The van der Waals surface area contributed by atoms with Crippen LogP contribution in [0.5, 0.6) is 0 Å². The molecule has 200 valence electrons. The molecule has 3 rings (SSSR count). The third-order valence-corrected chi connectivity index (χ3v) is 13.7. The monoisotopic (exact) mass is 621 g/mol. The van der Waals surface area contributed by atoms with Gasteiger partial charge < -0.3 is 9.53 Å². The number of aromatic nitrogens is 1. The number of fused-ring (bicyclic) bond motifs is 1. The molecule has 1 aromatic carbocycles. The molecule has 0 aliphatic heterocycles. The van der Waals surface area contributed by atoms with Crippen molar-refractivity contribution in [2.45, 2.75) is 118 Å². The van der Waals surface area contributed by atoms with Gasteiger partial charge in [0.1, 0.15) is 6.10 Å². The molecule has 1 aliphatic rings. The first kappa shape index (κ1) is 29.8. The number of pyridine rings is 1. The minimum atomic E-state index is -2.00. The van der Waals surface area contributed by atoms with Gasteiger partial charge >= 0.3 is 0 Å². The van der Waals surface area contributed by atoms with E-state index in [9.17, 15) is 5.11 Å². The van der Waals surface area contributed by atoms with Crippen LogP contribution in [0.4, 0.5) is 0 Å². The number of nitrogens with zero attached hydrogens (tertiary/aromatic N) is 1. The highest BCUT2D eigenvalue weighted by Crippen LogP contribution is 2.50. The molecule has 0 saturated carbocycles. The highest BCUT2D eigenvalue weighted by Gasteiger charge is 2.44. The number of hydrogen-bond donors (Lipinski definition) is 1. The van der Waals surface area contributed by atoms with E-state index < -0.39 is 14.4 Å². The summed E-state index contributed by atoms with van der Waals surface area (Å²) in [5.74, 6) is 0.833. The van der Waals surface area contributed by atoms with Crippen molar-refractivity contribution in [2.75, 3.05) is 0 Å². The maximum Gasteiger partial charge on any atom is 0.192 e. The van der Waals surface area contributed by atoms with Crippen LogP contribution in [-0.2, 0) is 17.3 Å². The number of rotatable bonds is 7. The molecule has 0 amide bonds. The van der Waals surface area contributed by atoms with Crippen LogP contribution >= 0.6 is 22.6 Å². The fourth-order valence-electron chi connectivity index (χ4n) is 5.05. The van der Waals surface area contributed by atoms with Gasteiger partial charge in [-0.15, -0.1) is 0 Å². The fraction of sp³-hybridized carbons (Fsp3) is 0.645. The maximum atomic E-state index is 11.8. The molecule has 0 saturated heterocycles. The van der Waals surface area contributed by atoms with Gasteiger partial charge in [0.2, 0.25) is 0 Å². The SMILES string of the molecule is CC(C)Cc1ccc([C@@H](O)c2c(C(C)C)nc3c(c2I)[C@@H](O[Si](C)(C)C(C)(C)C)CC(C)(C)C3)cc1. The summed E-state index contributed by atoms with van der Waals surface area (Å²) in [6, 6.07) is 8.51. The zero-order valence-electron chi connectivity index (χ0n) is 24.4. The van der Waals surface area contributed by atoms with Crippen molar-refractivity contribution in [2.24, 2.45) is 11.3 Å². The van der Waals surface area contributed by atoms with Gasteiger partial charge in [-0.05, 0) is 88.4 Å². The van der Waals surface area contributed by atoms with Crippen molar-refractivity contribution < 1.29 is 9.53 Å². The van der Waals surface area contributed by atoms with Crippen molar-refractivity contribution >= 4 is 30.9 Å². The van der Waals surface area contributed by atoms with Gasteiger partial charge in [-0.25, -0.2) is 0 Å². The largest absolute Gasteiger partial charge is 0.410 e. The Bertz CT molecular complexity index is 1070. The molecule has 0 radical (unpaired) electrons. The van der Waals surface area contributed by atoms with Gasteiger partial charge in [0, 0.05) is 20.4 Å². The number of benzene rings is 1. The summed E-state index contributed by atoms with van der Waals surface area (Å²) in [5, 5.41) is 11.9. The molecule has 1 heterocycles. The van der Waals surface area contributed by atoms with E-state index in [2.05, 4.69) is 122 Å². The number of halogens is 1. The van der Waals surface area contributed by atoms with Gasteiger partial charge in [-0.2, -0.15) is 0 Å². The molecule has 0 spiro atoms. The Morgan fingerprint density at radius 1 is 1.11 bits per heavy atom. The Kier molecular flexibility index (Phi) is 8.92. The highest BCUT2D eigenvalue weighted by molar-refractivity contribution is 14.1. The third-order valence-electron chi connectivity index (χ3n) is 8.02. The topological polar surface area (TPSA) is 42.4 Å². The first-order valence-corrected chi connectivity index (χ1v) is 17.6. The van der Waals surface area contributed by atoms with Crippen molar-refractivity contribution in [1.29, 1.82) is 0 Å². The Hall–Kier alpha value is -0.763. The summed E-state index contributed by atoms with van der Waals surface area (Å²) in [4.78, 5) is 5.29. The van der Waals surface area contributed by atoms with Gasteiger partial charge in [0.15, 0.2) is 8.32 Å².